The number of aromatic nitrogens is 1. The van der Waals surface area contributed by atoms with Crippen LogP contribution in [0.15, 0.2) is 18.5 Å². The Hall–Kier alpha value is -2.06. The van der Waals surface area contributed by atoms with Crippen LogP contribution in [0.25, 0.3) is 10.1 Å². The molecule has 1 amide bonds. The lowest BCUT2D eigenvalue weighted by atomic mass is 10.2. The molecule has 2 heterocycles. The van der Waals surface area contributed by atoms with Gasteiger partial charge in [0.1, 0.15) is 4.88 Å². The summed E-state index contributed by atoms with van der Waals surface area (Å²) in [6.07, 6.45) is 9.07. The number of pyridine rings is 1. The SMILES string of the molecule is C#CCC(C)NC(=O)c1sc2cnccc2c1N. The highest BCUT2D eigenvalue weighted by atomic mass is 32.1. The van der Waals surface area contributed by atoms with Crippen LogP contribution in [0.3, 0.4) is 0 Å². The van der Waals surface area contributed by atoms with E-state index in [9.17, 15) is 4.79 Å². The Bertz CT molecular complexity index is 627. The third kappa shape index (κ3) is 2.29. The Balaban J connectivity index is 2.28. The molecular weight excluding hydrogens is 246 g/mol. The van der Waals surface area contributed by atoms with Crippen molar-refractivity contribution in [2.45, 2.75) is 19.4 Å². The molecule has 0 aliphatic rings. The molecule has 0 aromatic carbocycles. The zero-order valence-corrected chi connectivity index (χ0v) is 10.8. The number of nitrogens with two attached hydrogens (primary N) is 1. The average molecular weight is 259 g/mol. The molecule has 0 aliphatic carbocycles. The molecule has 0 aliphatic heterocycles. The molecule has 4 nitrogen and oxygen atoms in total. The number of carbonyl (C=O) groups is 1. The van der Waals surface area contributed by atoms with Gasteiger partial charge in [-0.25, -0.2) is 0 Å². The molecular formula is C13H13N3OS. The van der Waals surface area contributed by atoms with Gasteiger partial charge in [-0.15, -0.1) is 23.7 Å². The van der Waals surface area contributed by atoms with Crippen molar-refractivity contribution in [2.75, 3.05) is 5.73 Å². The first-order valence-corrected chi connectivity index (χ1v) is 6.31. The Morgan fingerprint density at radius 3 is 3.17 bits per heavy atom. The van der Waals surface area contributed by atoms with E-state index in [2.05, 4.69) is 16.2 Å². The van der Waals surface area contributed by atoms with Crippen LogP contribution in [-0.2, 0) is 0 Å². The lowest BCUT2D eigenvalue weighted by molar-refractivity contribution is 0.0946. The van der Waals surface area contributed by atoms with Gasteiger partial charge >= 0.3 is 0 Å². The topological polar surface area (TPSA) is 68.0 Å². The van der Waals surface area contributed by atoms with Gasteiger partial charge < -0.3 is 11.1 Å². The van der Waals surface area contributed by atoms with Gasteiger partial charge in [0.2, 0.25) is 0 Å². The average Bonchev–Trinajstić information content (AvgIpc) is 2.68. The summed E-state index contributed by atoms with van der Waals surface area (Å²) in [4.78, 5) is 16.6. The van der Waals surface area contributed by atoms with E-state index in [0.29, 0.717) is 17.0 Å². The second kappa shape index (κ2) is 5.07. The molecule has 0 radical (unpaired) electrons. The molecule has 1 atom stereocenters. The minimum Gasteiger partial charge on any atom is -0.397 e. The second-order valence-corrected chi connectivity index (χ2v) is 5.05. The molecule has 0 saturated carbocycles. The maximum Gasteiger partial charge on any atom is 0.263 e. The monoisotopic (exact) mass is 259 g/mol. The Morgan fingerprint density at radius 1 is 1.72 bits per heavy atom. The van der Waals surface area contributed by atoms with Crippen LogP contribution in [-0.4, -0.2) is 16.9 Å². The van der Waals surface area contributed by atoms with Crippen LogP contribution < -0.4 is 11.1 Å². The van der Waals surface area contributed by atoms with Gasteiger partial charge in [0.25, 0.3) is 5.91 Å². The highest BCUT2D eigenvalue weighted by Gasteiger charge is 2.17. The Kier molecular flexibility index (Phi) is 3.49. The number of nitrogens with zero attached hydrogens (tertiary/aromatic N) is 1. The summed E-state index contributed by atoms with van der Waals surface area (Å²) in [6, 6.07) is 1.74. The quantitative estimate of drug-likeness (QED) is 0.829. The van der Waals surface area contributed by atoms with Crippen molar-refractivity contribution in [3.05, 3.63) is 23.3 Å². The van der Waals surface area contributed by atoms with Crippen molar-refractivity contribution in [2.24, 2.45) is 0 Å². The summed E-state index contributed by atoms with van der Waals surface area (Å²) >= 11 is 1.34. The number of hydrogen-bond acceptors (Lipinski definition) is 4. The zero-order chi connectivity index (χ0) is 13.1. The third-order valence-electron chi connectivity index (χ3n) is 2.54. The number of amides is 1. The number of thiophene rings is 1. The maximum atomic E-state index is 12.1. The van der Waals surface area contributed by atoms with Crippen LogP contribution in [0.1, 0.15) is 23.0 Å². The Morgan fingerprint density at radius 2 is 2.50 bits per heavy atom. The van der Waals surface area contributed by atoms with E-state index in [0.717, 1.165) is 10.1 Å². The van der Waals surface area contributed by atoms with Gasteiger partial charge in [-0.2, -0.15) is 0 Å². The van der Waals surface area contributed by atoms with Crippen molar-refractivity contribution in [3.63, 3.8) is 0 Å². The van der Waals surface area contributed by atoms with Gasteiger partial charge in [0.15, 0.2) is 0 Å². The fourth-order valence-corrected chi connectivity index (χ4v) is 2.65. The number of anilines is 1. The smallest absolute Gasteiger partial charge is 0.263 e. The number of nitrogen functional groups attached to an aromatic ring is 1. The zero-order valence-electron chi connectivity index (χ0n) is 9.93. The van der Waals surface area contributed by atoms with Crippen LogP contribution in [0, 0.1) is 12.3 Å². The Labute approximate surface area is 109 Å². The summed E-state index contributed by atoms with van der Waals surface area (Å²) in [6.45, 7) is 1.86. The van der Waals surface area contributed by atoms with Gasteiger partial charge in [-0.1, -0.05) is 0 Å². The lowest BCUT2D eigenvalue weighted by Crippen LogP contribution is -2.32. The fraction of sp³-hybridized carbons (Fsp3) is 0.231. The van der Waals surface area contributed by atoms with Crippen LogP contribution in [0.4, 0.5) is 5.69 Å². The molecule has 2 rings (SSSR count). The highest BCUT2D eigenvalue weighted by Crippen LogP contribution is 2.32. The van der Waals surface area contributed by atoms with Crippen molar-refractivity contribution >= 4 is 33.0 Å². The lowest BCUT2D eigenvalue weighted by Gasteiger charge is -2.09. The van der Waals surface area contributed by atoms with Crippen molar-refractivity contribution in [3.8, 4) is 12.3 Å². The van der Waals surface area contributed by atoms with Crippen LogP contribution in [0.5, 0.6) is 0 Å². The fourth-order valence-electron chi connectivity index (χ4n) is 1.66. The van der Waals surface area contributed by atoms with E-state index in [-0.39, 0.29) is 11.9 Å². The molecule has 2 aromatic rings. The number of carbonyl (C=O) groups excluding carboxylic acids is 1. The third-order valence-corrected chi connectivity index (χ3v) is 3.69. The van der Waals surface area contributed by atoms with Crippen LogP contribution >= 0.6 is 11.3 Å². The first-order chi connectivity index (χ1) is 8.63. The molecule has 0 fully saturated rings. The molecule has 0 spiro atoms. The predicted molar refractivity (Wildman–Crippen MR) is 74.4 cm³/mol. The normalized spacial score (nSPS) is 12.0. The molecule has 2 aromatic heterocycles. The minimum atomic E-state index is -0.184. The summed E-state index contributed by atoms with van der Waals surface area (Å²) in [7, 11) is 0. The summed E-state index contributed by atoms with van der Waals surface area (Å²) < 4.78 is 0.907. The molecule has 1 unspecified atom stereocenters. The standard InChI is InChI=1S/C13H13N3OS/c1-3-4-8(2)16-13(17)12-11(14)9-5-6-15-7-10(9)18-12/h1,5-8H,4,14H2,2H3,(H,16,17). The number of hydrogen-bond donors (Lipinski definition) is 2. The van der Waals surface area contributed by atoms with Gasteiger partial charge in [0, 0.05) is 30.2 Å². The maximum absolute atomic E-state index is 12.1. The molecule has 18 heavy (non-hydrogen) atoms. The number of fused-ring (bicyclic) bond motifs is 1. The number of nitrogens with one attached hydrogen (secondary N) is 1. The first kappa shape index (κ1) is 12.4. The largest absolute Gasteiger partial charge is 0.397 e. The van der Waals surface area contributed by atoms with Crippen molar-refractivity contribution in [1.82, 2.24) is 10.3 Å². The van der Waals surface area contributed by atoms with Gasteiger partial charge in [-0.05, 0) is 13.0 Å². The van der Waals surface area contributed by atoms with E-state index >= 15 is 0 Å². The van der Waals surface area contributed by atoms with E-state index < -0.39 is 0 Å². The van der Waals surface area contributed by atoms with Crippen LogP contribution in [0.2, 0.25) is 0 Å². The summed E-state index contributed by atoms with van der Waals surface area (Å²) in [5, 5.41) is 3.69. The number of terminal acetylenes is 1. The molecule has 92 valence electrons. The molecule has 0 saturated heterocycles. The highest BCUT2D eigenvalue weighted by molar-refractivity contribution is 7.21. The summed E-state index contributed by atoms with van der Waals surface area (Å²) in [5.74, 6) is 2.33. The predicted octanol–water partition coefficient (Wildman–Crippen LogP) is 2.02. The van der Waals surface area contributed by atoms with E-state index in [4.69, 9.17) is 12.2 Å². The van der Waals surface area contributed by atoms with Crippen molar-refractivity contribution in [1.29, 1.82) is 0 Å². The molecule has 0 bridgehead atoms. The van der Waals surface area contributed by atoms with Gasteiger partial charge in [0.05, 0.1) is 10.4 Å². The van der Waals surface area contributed by atoms with E-state index in [1.807, 2.05) is 13.0 Å². The van der Waals surface area contributed by atoms with Gasteiger partial charge in [-0.3, -0.25) is 9.78 Å². The van der Waals surface area contributed by atoms with Crippen molar-refractivity contribution < 1.29 is 4.79 Å². The first-order valence-electron chi connectivity index (χ1n) is 5.49. The van der Waals surface area contributed by atoms with E-state index in [1.165, 1.54) is 11.3 Å². The van der Waals surface area contributed by atoms with E-state index in [1.54, 1.807) is 12.4 Å². The number of rotatable bonds is 3. The summed E-state index contributed by atoms with van der Waals surface area (Å²) in [5.41, 5.74) is 6.47. The second-order valence-electron chi connectivity index (χ2n) is 4.00. The molecule has 5 heteroatoms. The molecule has 3 N–H and O–H groups in total. The minimum absolute atomic E-state index is 0.0646.